The second-order valence-corrected chi connectivity index (χ2v) is 6.31. The molecule has 0 heterocycles. The number of hydrogen-bond donors (Lipinski definition) is 2. The molecule has 3 heteroatoms. The van der Waals surface area contributed by atoms with E-state index < -0.39 is 0 Å². The first-order chi connectivity index (χ1) is 8.31. The molecule has 0 rings (SSSR count). The summed E-state index contributed by atoms with van der Waals surface area (Å²) in [6.45, 7) is 2.26. The van der Waals surface area contributed by atoms with Crippen LogP contribution in [0.1, 0.15) is 64.7 Å². The third-order valence-electron chi connectivity index (χ3n) is 2.94. The Balaban J connectivity index is 3.05. The fraction of sp³-hybridized carbons (Fsp3) is 1.00. The smallest absolute Gasteiger partial charge is 0.0630 e. The van der Waals surface area contributed by atoms with Crippen LogP contribution in [-0.4, -0.2) is 28.5 Å². The molecule has 0 aromatic heterocycles. The van der Waals surface area contributed by atoms with Crippen molar-refractivity contribution in [2.45, 2.75) is 70.8 Å². The van der Waals surface area contributed by atoms with E-state index in [1.807, 2.05) is 11.8 Å². The Morgan fingerprint density at radius 1 is 1.00 bits per heavy atom. The second kappa shape index (κ2) is 14.7. The van der Waals surface area contributed by atoms with Crippen LogP contribution < -0.4 is 0 Å². The first-order valence-electron chi connectivity index (χ1n) is 7.18. The Hall–Kier alpha value is 0.660. The van der Waals surface area contributed by atoms with Gasteiger partial charge in [0, 0.05) is 11.5 Å². The van der Waals surface area contributed by atoms with E-state index in [4.69, 9.17) is 0 Å². The zero-order chi connectivity index (χ0) is 12.8. The molecule has 0 aliphatic carbocycles. The second-order valence-electron chi connectivity index (χ2n) is 4.72. The van der Waals surface area contributed by atoms with Gasteiger partial charge in [-0.2, -0.15) is 24.4 Å². The summed E-state index contributed by atoms with van der Waals surface area (Å²) in [6, 6.07) is 0. The minimum atomic E-state index is -0.0972. The van der Waals surface area contributed by atoms with Crippen LogP contribution in [0.4, 0.5) is 0 Å². The number of aliphatic hydroxyl groups is 1. The average Bonchev–Trinajstić information content (AvgIpc) is 2.33. The van der Waals surface area contributed by atoms with Crippen LogP contribution in [0.25, 0.3) is 0 Å². The zero-order valence-electron chi connectivity index (χ0n) is 11.4. The quantitative estimate of drug-likeness (QED) is 0.381. The lowest BCUT2D eigenvalue weighted by atomic mass is 10.1. The van der Waals surface area contributed by atoms with Gasteiger partial charge in [0.25, 0.3) is 0 Å². The molecule has 0 fully saturated rings. The first kappa shape index (κ1) is 17.7. The van der Waals surface area contributed by atoms with Crippen LogP contribution in [0.3, 0.4) is 0 Å². The molecule has 0 radical (unpaired) electrons. The van der Waals surface area contributed by atoms with E-state index in [2.05, 4.69) is 19.6 Å². The fourth-order valence-electron chi connectivity index (χ4n) is 1.88. The lowest BCUT2D eigenvalue weighted by molar-refractivity contribution is 0.185. The van der Waals surface area contributed by atoms with Crippen molar-refractivity contribution in [1.29, 1.82) is 0 Å². The van der Waals surface area contributed by atoms with Gasteiger partial charge < -0.3 is 5.11 Å². The standard InChI is InChI=1S/C14H30OS2/c1-2-3-4-5-6-7-8-9-10-14(15)13-17-12-11-16/h14-16H,2-13H2,1H3/t14-/m0/s1. The minimum absolute atomic E-state index is 0.0972. The van der Waals surface area contributed by atoms with Gasteiger partial charge in [0.1, 0.15) is 0 Å². The number of thiol groups is 1. The number of thioether (sulfide) groups is 1. The van der Waals surface area contributed by atoms with Crippen molar-refractivity contribution >= 4 is 24.4 Å². The van der Waals surface area contributed by atoms with Crippen molar-refractivity contribution in [2.24, 2.45) is 0 Å². The van der Waals surface area contributed by atoms with Crippen LogP contribution in [-0.2, 0) is 0 Å². The molecule has 0 amide bonds. The zero-order valence-corrected chi connectivity index (χ0v) is 13.1. The van der Waals surface area contributed by atoms with Gasteiger partial charge >= 0.3 is 0 Å². The van der Waals surface area contributed by atoms with Crippen molar-refractivity contribution in [1.82, 2.24) is 0 Å². The SMILES string of the molecule is CCCCCCCCCC[C@H](O)CSCCS. The molecule has 0 aromatic carbocycles. The van der Waals surface area contributed by atoms with Crippen molar-refractivity contribution in [3.63, 3.8) is 0 Å². The van der Waals surface area contributed by atoms with Gasteiger partial charge in [-0.15, -0.1) is 0 Å². The Labute approximate surface area is 118 Å². The van der Waals surface area contributed by atoms with E-state index >= 15 is 0 Å². The average molecular weight is 279 g/mol. The summed E-state index contributed by atoms with van der Waals surface area (Å²) in [7, 11) is 0. The summed E-state index contributed by atoms with van der Waals surface area (Å²) in [5.74, 6) is 2.85. The van der Waals surface area contributed by atoms with Crippen molar-refractivity contribution in [3.05, 3.63) is 0 Å². The lowest BCUT2D eigenvalue weighted by Crippen LogP contribution is -2.10. The largest absolute Gasteiger partial charge is 0.392 e. The maximum absolute atomic E-state index is 9.70. The van der Waals surface area contributed by atoms with Gasteiger partial charge in [0.15, 0.2) is 0 Å². The highest BCUT2D eigenvalue weighted by molar-refractivity contribution is 8.00. The Kier molecular flexibility index (Phi) is 15.3. The van der Waals surface area contributed by atoms with Crippen LogP contribution in [0.2, 0.25) is 0 Å². The van der Waals surface area contributed by atoms with Crippen LogP contribution in [0, 0.1) is 0 Å². The normalized spacial score (nSPS) is 12.9. The van der Waals surface area contributed by atoms with Gasteiger partial charge in [-0.3, -0.25) is 0 Å². The Morgan fingerprint density at radius 3 is 2.18 bits per heavy atom. The van der Waals surface area contributed by atoms with E-state index in [1.165, 1.54) is 51.4 Å². The molecule has 0 aromatic rings. The number of rotatable bonds is 13. The summed E-state index contributed by atoms with van der Waals surface area (Å²) in [5, 5.41) is 9.70. The van der Waals surface area contributed by atoms with Crippen LogP contribution >= 0.6 is 24.4 Å². The van der Waals surface area contributed by atoms with E-state index in [9.17, 15) is 5.11 Å². The topological polar surface area (TPSA) is 20.2 Å². The molecular weight excluding hydrogens is 248 g/mol. The molecular formula is C14H30OS2. The fourth-order valence-corrected chi connectivity index (χ4v) is 3.00. The number of unbranched alkanes of at least 4 members (excludes halogenated alkanes) is 7. The molecule has 0 saturated carbocycles. The molecule has 17 heavy (non-hydrogen) atoms. The van der Waals surface area contributed by atoms with Gasteiger partial charge in [-0.05, 0) is 12.2 Å². The number of hydrogen-bond acceptors (Lipinski definition) is 3. The number of aliphatic hydroxyl groups excluding tert-OH is 1. The highest BCUT2D eigenvalue weighted by Crippen LogP contribution is 2.12. The summed E-state index contributed by atoms with van der Waals surface area (Å²) in [4.78, 5) is 0. The van der Waals surface area contributed by atoms with Crippen LogP contribution in [0.15, 0.2) is 0 Å². The monoisotopic (exact) mass is 278 g/mol. The third kappa shape index (κ3) is 14.6. The van der Waals surface area contributed by atoms with E-state index in [1.54, 1.807) is 0 Å². The highest BCUT2D eigenvalue weighted by atomic mass is 32.2. The minimum Gasteiger partial charge on any atom is -0.392 e. The predicted octanol–water partition coefficient (Wildman–Crippen LogP) is 4.54. The molecule has 0 aliphatic rings. The van der Waals surface area contributed by atoms with Gasteiger partial charge in [0.05, 0.1) is 6.10 Å². The van der Waals surface area contributed by atoms with Gasteiger partial charge in [-0.1, -0.05) is 58.3 Å². The maximum Gasteiger partial charge on any atom is 0.0630 e. The molecule has 1 N–H and O–H groups in total. The molecule has 0 unspecified atom stereocenters. The molecule has 1 atom stereocenters. The van der Waals surface area contributed by atoms with Gasteiger partial charge in [0.2, 0.25) is 0 Å². The molecule has 0 bridgehead atoms. The summed E-state index contributed by atoms with van der Waals surface area (Å²) in [6.07, 6.45) is 11.6. The summed E-state index contributed by atoms with van der Waals surface area (Å²) < 4.78 is 0. The molecule has 104 valence electrons. The van der Waals surface area contributed by atoms with E-state index in [-0.39, 0.29) is 6.10 Å². The van der Waals surface area contributed by atoms with Crippen molar-refractivity contribution in [2.75, 3.05) is 17.3 Å². The summed E-state index contributed by atoms with van der Waals surface area (Å²) in [5.41, 5.74) is 0. The van der Waals surface area contributed by atoms with Gasteiger partial charge in [-0.25, -0.2) is 0 Å². The first-order valence-corrected chi connectivity index (χ1v) is 8.96. The lowest BCUT2D eigenvalue weighted by Gasteiger charge is -2.09. The van der Waals surface area contributed by atoms with E-state index in [0.717, 1.165) is 23.7 Å². The van der Waals surface area contributed by atoms with Crippen molar-refractivity contribution < 1.29 is 5.11 Å². The molecule has 0 saturated heterocycles. The Morgan fingerprint density at radius 2 is 1.59 bits per heavy atom. The van der Waals surface area contributed by atoms with Crippen molar-refractivity contribution in [3.8, 4) is 0 Å². The molecule has 0 aliphatic heterocycles. The highest BCUT2D eigenvalue weighted by Gasteiger charge is 2.03. The molecule has 1 nitrogen and oxygen atoms in total. The van der Waals surface area contributed by atoms with E-state index in [0.29, 0.717) is 0 Å². The van der Waals surface area contributed by atoms with Crippen LogP contribution in [0.5, 0.6) is 0 Å². The molecule has 0 spiro atoms. The summed E-state index contributed by atoms with van der Waals surface area (Å²) >= 11 is 5.97. The maximum atomic E-state index is 9.70. The third-order valence-corrected chi connectivity index (χ3v) is 4.58. The predicted molar refractivity (Wildman–Crippen MR) is 84.4 cm³/mol. The Bertz CT molecular complexity index is 142.